The van der Waals surface area contributed by atoms with Crippen molar-refractivity contribution in [2.45, 2.75) is 13.5 Å². The summed E-state index contributed by atoms with van der Waals surface area (Å²) in [5.74, 6) is -1.37. The molecule has 0 spiro atoms. The molecule has 3 rings (SSSR count). The molecule has 0 saturated heterocycles. The average molecular weight is 336 g/mol. The van der Waals surface area contributed by atoms with E-state index < -0.39 is 11.8 Å². The lowest BCUT2D eigenvalue weighted by atomic mass is 10.3. The van der Waals surface area contributed by atoms with Gasteiger partial charge >= 0.3 is 5.97 Å². The van der Waals surface area contributed by atoms with E-state index in [1.807, 2.05) is 0 Å². The Hall–Kier alpha value is -2.67. The highest BCUT2D eigenvalue weighted by Gasteiger charge is 2.19. The van der Waals surface area contributed by atoms with Crippen LogP contribution in [0.4, 0.5) is 4.39 Å². The predicted molar refractivity (Wildman–Crippen MR) is 80.4 cm³/mol. The molecule has 0 bridgehead atoms. The molecule has 118 valence electrons. The minimum absolute atomic E-state index is 0.00336. The molecule has 3 aromatic heterocycles. The molecule has 0 radical (unpaired) electrons. The van der Waals surface area contributed by atoms with E-state index in [-0.39, 0.29) is 28.8 Å². The summed E-state index contributed by atoms with van der Waals surface area (Å²) in [6.45, 7) is 1.45. The molecule has 6 nitrogen and oxygen atoms in total. The van der Waals surface area contributed by atoms with E-state index in [9.17, 15) is 14.3 Å². The predicted octanol–water partition coefficient (Wildman–Crippen LogP) is 3.11. The van der Waals surface area contributed by atoms with E-state index in [1.165, 1.54) is 35.0 Å². The molecule has 0 atom stereocenters. The number of aromatic nitrogens is 3. The first-order chi connectivity index (χ1) is 11.0. The van der Waals surface area contributed by atoms with Crippen LogP contribution in [-0.2, 0) is 6.61 Å². The van der Waals surface area contributed by atoms with Crippen molar-refractivity contribution in [3.63, 3.8) is 0 Å². The van der Waals surface area contributed by atoms with Crippen molar-refractivity contribution in [2.75, 3.05) is 0 Å². The highest BCUT2D eigenvalue weighted by atomic mass is 35.5. The minimum Gasteiger partial charge on any atom is -0.483 e. The summed E-state index contributed by atoms with van der Waals surface area (Å²) < 4.78 is 20.5. The molecule has 0 saturated carbocycles. The minimum atomic E-state index is -1.13. The van der Waals surface area contributed by atoms with Gasteiger partial charge in [-0.15, -0.1) is 0 Å². The third-order valence-electron chi connectivity index (χ3n) is 3.23. The van der Waals surface area contributed by atoms with Crippen molar-refractivity contribution >= 4 is 23.2 Å². The SMILES string of the molecule is Cc1nc2c(OCc3ncccc3F)cc(Cl)cn2c1C(=O)O. The zero-order chi connectivity index (χ0) is 16.6. The molecule has 0 aliphatic carbocycles. The second kappa shape index (κ2) is 5.85. The number of fused-ring (bicyclic) bond motifs is 1. The Labute approximate surface area is 135 Å². The van der Waals surface area contributed by atoms with Crippen molar-refractivity contribution in [2.24, 2.45) is 0 Å². The molecule has 8 heteroatoms. The number of carbonyl (C=O) groups is 1. The largest absolute Gasteiger partial charge is 0.483 e. The Kier molecular flexibility index (Phi) is 3.87. The van der Waals surface area contributed by atoms with Gasteiger partial charge in [0.05, 0.1) is 10.7 Å². The van der Waals surface area contributed by atoms with Gasteiger partial charge in [-0.25, -0.2) is 14.2 Å². The molecule has 3 heterocycles. The van der Waals surface area contributed by atoms with Crippen molar-refractivity contribution in [3.05, 3.63) is 58.5 Å². The number of halogens is 2. The molecule has 0 aliphatic heterocycles. The first kappa shape index (κ1) is 15.2. The summed E-state index contributed by atoms with van der Waals surface area (Å²) in [6, 6.07) is 4.25. The van der Waals surface area contributed by atoms with Crippen LogP contribution in [0.1, 0.15) is 21.9 Å². The maximum absolute atomic E-state index is 13.6. The van der Waals surface area contributed by atoms with Gasteiger partial charge in [0, 0.05) is 18.5 Å². The number of hydrogen-bond donors (Lipinski definition) is 1. The second-order valence-corrected chi connectivity index (χ2v) is 5.22. The number of carboxylic acids is 1. The van der Waals surface area contributed by atoms with Crippen LogP contribution >= 0.6 is 11.6 Å². The number of aryl methyl sites for hydroxylation is 1. The molecule has 0 fully saturated rings. The molecular formula is C15H11ClFN3O3. The van der Waals surface area contributed by atoms with Crippen LogP contribution in [0.5, 0.6) is 5.75 Å². The highest BCUT2D eigenvalue weighted by Crippen LogP contribution is 2.27. The number of nitrogens with zero attached hydrogens (tertiary/aromatic N) is 3. The van der Waals surface area contributed by atoms with Gasteiger partial charge in [0.1, 0.15) is 18.1 Å². The fraction of sp³-hybridized carbons (Fsp3) is 0.133. The summed E-state index contributed by atoms with van der Waals surface area (Å²) in [6.07, 6.45) is 2.89. The van der Waals surface area contributed by atoms with Crippen molar-refractivity contribution in [1.29, 1.82) is 0 Å². The van der Waals surface area contributed by atoms with Gasteiger partial charge in [-0.3, -0.25) is 9.38 Å². The smallest absolute Gasteiger partial charge is 0.354 e. The van der Waals surface area contributed by atoms with Crippen LogP contribution in [0.15, 0.2) is 30.6 Å². The molecule has 1 N–H and O–H groups in total. The van der Waals surface area contributed by atoms with Gasteiger partial charge in [0.2, 0.25) is 0 Å². The fourth-order valence-electron chi connectivity index (χ4n) is 2.23. The topological polar surface area (TPSA) is 76.7 Å². The van der Waals surface area contributed by atoms with Crippen LogP contribution in [0.3, 0.4) is 0 Å². The van der Waals surface area contributed by atoms with Gasteiger partial charge in [0.15, 0.2) is 17.1 Å². The van der Waals surface area contributed by atoms with Crippen LogP contribution < -0.4 is 4.74 Å². The lowest BCUT2D eigenvalue weighted by Gasteiger charge is -2.08. The number of hydrogen-bond acceptors (Lipinski definition) is 4. The van der Waals surface area contributed by atoms with Gasteiger partial charge in [-0.1, -0.05) is 11.6 Å². The van der Waals surface area contributed by atoms with Crippen LogP contribution in [0.2, 0.25) is 5.02 Å². The Balaban J connectivity index is 2.03. The average Bonchev–Trinajstić information content (AvgIpc) is 2.82. The van der Waals surface area contributed by atoms with E-state index in [2.05, 4.69) is 9.97 Å². The third-order valence-corrected chi connectivity index (χ3v) is 3.44. The van der Waals surface area contributed by atoms with Gasteiger partial charge in [0.25, 0.3) is 0 Å². The van der Waals surface area contributed by atoms with Gasteiger partial charge in [-0.2, -0.15) is 0 Å². The Morgan fingerprint density at radius 1 is 1.52 bits per heavy atom. The molecule has 23 heavy (non-hydrogen) atoms. The number of pyridine rings is 2. The van der Waals surface area contributed by atoms with Gasteiger partial charge in [-0.05, 0) is 19.1 Å². The van der Waals surface area contributed by atoms with Crippen LogP contribution in [-0.4, -0.2) is 25.4 Å². The zero-order valence-corrected chi connectivity index (χ0v) is 12.7. The summed E-state index contributed by atoms with van der Waals surface area (Å²) in [4.78, 5) is 19.4. The first-order valence-corrected chi connectivity index (χ1v) is 6.99. The molecular weight excluding hydrogens is 325 g/mol. The molecule has 0 aliphatic rings. The Morgan fingerprint density at radius 3 is 3.00 bits per heavy atom. The Bertz CT molecular complexity index is 910. The monoisotopic (exact) mass is 335 g/mol. The number of aromatic carboxylic acids is 1. The maximum Gasteiger partial charge on any atom is 0.354 e. The number of rotatable bonds is 4. The number of ether oxygens (including phenoxy) is 1. The number of carboxylic acid groups (broad SMARTS) is 1. The van der Waals surface area contributed by atoms with E-state index in [4.69, 9.17) is 16.3 Å². The zero-order valence-electron chi connectivity index (χ0n) is 12.0. The lowest BCUT2D eigenvalue weighted by Crippen LogP contribution is -2.05. The molecule has 0 unspecified atom stereocenters. The fourth-order valence-corrected chi connectivity index (χ4v) is 2.43. The van der Waals surface area contributed by atoms with Crippen LogP contribution in [0, 0.1) is 12.7 Å². The van der Waals surface area contributed by atoms with E-state index in [0.29, 0.717) is 11.3 Å². The van der Waals surface area contributed by atoms with Gasteiger partial charge < -0.3 is 9.84 Å². The highest BCUT2D eigenvalue weighted by molar-refractivity contribution is 6.30. The molecule has 3 aromatic rings. The van der Waals surface area contributed by atoms with E-state index >= 15 is 0 Å². The molecule has 0 aromatic carbocycles. The third kappa shape index (κ3) is 2.83. The summed E-state index contributed by atoms with van der Waals surface area (Å²) in [5.41, 5.74) is 0.748. The summed E-state index contributed by atoms with van der Waals surface area (Å²) in [7, 11) is 0. The number of imidazole rings is 1. The van der Waals surface area contributed by atoms with Crippen molar-refractivity contribution < 1.29 is 19.0 Å². The second-order valence-electron chi connectivity index (χ2n) is 4.79. The summed E-state index contributed by atoms with van der Waals surface area (Å²) >= 11 is 6.01. The maximum atomic E-state index is 13.6. The van der Waals surface area contributed by atoms with Crippen molar-refractivity contribution in [3.8, 4) is 5.75 Å². The first-order valence-electron chi connectivity index (χ1n) is 6.61. The van der Waals surface area contributed by atoms with Crippen molar-refractivity contribution in [1.82, 2.24) is 14.4 Å². The normalized spacial score (nSPS) is 10.9. The molecule has 0 amide bonds. The lowest BCUT2D eigenvalue weighted by molar-refractivity contribution is 0.0688. The Morgan fingerprint density at radius 2 is 2.30 bits per heavy atom. The standard InChI is InChI=1S/C15H11ClFN3O3/c1-8-13(15(21)22)20-6-9(16)5-12(14(20)19-8)23-7-11-10(17)3-2-4-18-11/h2-6H,7H2,1H3,(H,21,22). The van der Waals surface area contributed by atoms with Crippen LogP contribution in [0.25, 0.3) is 5.65 Å². The quantitative estimate of drug-likeness (QED) is 0.792. The summed E-state index contributed by atoms with van der Waals surface area (Å²) in [5, 5.41) is 9.55. The van der Waals surface area contributed by atoms with E-state index in [1.54, 1.807) is 6.92 Å². The van der Waals surface area contributed by atoms with E-state index in [0.717, 1.165) is 0 Å².